The Labute approximate surface area is 315 Å². The molecule has 0 spiro atoms. The Balaban J connectivity index is 1.48. The predicted octanol–water partition coefficient (Wildman–Crippen LogP) is 12.6. The van der Waals surface area contributed by atoms with E-state index in [2.05, 4.69) is 165 Å². The van der Waals surface area contributed by atoms with Crippen LogP contribution in [0, 0.1) is 27.7 Å². The summed E-state index contributed by atoms with van der Waals surface area (Å²) in [6.07, 6.45) is 8.59. The van der Waals surface area contributed by atoms with E-state index in [1.165, 1.54) is 22.3 Å². The maximum absolute atomic E-state index is 5.55. The number of hydrogen-bond donors (Lipinski definition) is 2. The maximum atomic E-state index is 5.55. The summed E-state index contributed by atoms with van der Waals surface area (Å²) >= 11 is 0. The van der Waals surface area contributed by atoms with Crippen molar-refractivity contribution in [1.29, 1.82) is 0 Å². The zero-order valence-electron chi connectivity index (χ0n) is 31.1. The molecule has 9 rings (SSSR count). The molecule has 2 aliphatic rings. The van der Waals surface area contributed by atoms with Gasteiger partial charge in [0.1, 0.15) is 5.75 Å². The average Bonchev–Trinajstić information content (AvgIpc) is 4.02. The van der Waals surface area contributed by atoms with Crippen LogP contribution < -0.4 is 4.74 Å². The van der Waals surface area contributed by atoms with Crippen molar-refractivity contribution in [3.63, 3.8) is 0 Å². The number of hydrogen-bond acceptors (Lipinski definition) is 3. The van der Waals surface area contributed by atoms with Crippen LogP contribution in [0.5, 0.6) is 5.75 Å². The van der Waals surface area contributed by atoms with Gasteiger partial charge in [0.05, 0.1) is 29.9 Å². The molecular formula is C49H40N4O. The average molecular weight is 701 g/mol. The monoisotopic (exact) mass is 700 g/mol. The van der Waals surface area contributed by atoms with Crippen LogP contribution in [0.3, 0.4) is 0 Å². The fourth-order valence-corrected chi connectivity index (χ4v) is 8.04. The third-order valence-electron chi connectivity index (χ3n) is 10.5. The number of H-pyrrole nitrogens is 2. The highest BCUT2D eigenvalue weighted by Crippen LogP contribution is 2.40. The lowest BCUT2D eigenvalue weighted by molar-refractivity contribution is 0.415. The molecule has 262 valence electrons. The molecule has 54 heavy (non-hydrogen) atoms. The quantitative estimate of drug-likeness (QED) is 0.188. The molecule has 4 aromatic carbocycles. The molecular weight excluding hydrogens is 661 g/mol. The lowest BCUT2D eigenvalue weighted by Crippen LogP contribution is -1.96. The van der Waals surface area contributed by atoms with Gasteiger partial charge in [0.15, 0.2) is 0 Å². The minimum atomic E-state index is 0.805. The van der Waals surface area contributed by atoms with E-state index in [0.29, 0.717) is 0 Å². The van der Waals surface area contributed by atoms with Crippen molar-refractivity contribution >= 4 is 46.4 Å². The van der Waals surface area contributed by atoms with Gasteiger partial charge in [-0.05, 0) is 122 Å². The van der Waals surface area contributed by atoms with Crippen molar-refractivity contribution in [3.05, 3.63) is 160 Å². The second kappa shape index (κ2) is 13.4. The predicted molar refractivity (Wildman–Crippen MR) is 226 cm³/mol. The van der Waals surface area contributed by atoms with Crippen molar-refractivity contribution in [2.24, 2.45) is 0 Å². The van der Waals surface area contributed by atoms with E-state index in [9.17, 15) is 0 Å². The molecule has 0 saturated carbocycles. The van der Waals surface area contributed by atoms with Gasteiger partial charge in [-0.15, -0.1) is 0 Å². The Morgan fingerprint density at radius 3 is 1.31 bits per heavy atom. The second-order valence-electron chi connectivity index (χ2n) is 14.2. The number of rotatable bonds is 5. The summed E-state index contributed by atoms with van der Waals surface area (Å²) in [5.41, 5.74) is 20.9. The van der Waals surface area contributed by atoms with E-state index in [4.69, 9.17) is 14.7 Å². The maximum Gasteiger partial charge on any atom is 0.118 e. The highest BCUT2D eigenvalue weighted by molar-refractivity contribution is 6.00. The third kappa shape index (κ3) is 5.84. The normalized spacial score (nSPS) is 12.0. The molecule has 7 aromatic rings. The topological polar surface area (TPSA) is 66.6 Å². The van der Waals surface area contributed by atoms with Gasteiger partial charge in [-0.25, -0.2) is 9.97 Å². The molecule has 0 saturated heterocycles. The molecule has 5 nitrogen and oxygen atoms in total. The van der Waals surface area contributed by atoms with E-state index in [1.54, 1.807) is 7.11 Å². The van der Waals surface area contributed by atoms with Crippen LogP contribution in [-0.2, 0) is 0 Å². The van der Waals surface area contributed by atoms with Crippen molar-refractivity contribution in [1.82, 2.24) is 19.9 Å². The summed E-state index contributed by atoms with van der Waals surface area (Å²) in [5.74, 6) is 0.805. The van der Waals surface area contributed by atoms with Gasteiger partial charge in [-0.2, -0.15) is 0 Å². The fraction of sp³-hybridized carbons (Fsp3) is 0.102. The van der Waals surface area contributed by atoms with Crippen molar-refractivity contribution < 1.29 is 4.74 Å². The van der Waals surface area contributed by atoms with Crippen molar-refractivity contribution in [2.75, 3.05) is 7.11 Å². The van der Waals surface area contributed by atoms with Gasteiger partial charge in [-0.3, -0.25) is 0 Å². The van der Waals surface area contributed by atoms with Gasteiger partial charge >= 0.3 is 0 Å². The van der Waals surface area contributed by atoms with Crippen LogP contribution in [0.1, 0.15) is 45.0 Å². The van der Waals surface area contributed by atoms with Crippen LogP contribution >= 0.6 is 0 Å². The smallest absolute Gasteiger partial charge is 0.118 e. The SMILES string of the molecule is COc1ccc(-c2c3nc(c(-c4c(C)cc(C)cc4C)c4nc(c(-c5ccc(C)cc5)c5ccc([nH]5)c(-c5ccccc5)c5ccc2[nH]5)C=C4)C=C3)cc1. The first-order chi connectivity index (χ1) is 26.3. The lowest BCUT2D eigenvalue weighted by atomic mass is 9.92. The molecule has 0 radical (unpaired) electrons. The summed E-state index contributed by atoms with van der Waals surface area (Å²) in [4.78, 5) is 18.6. The number of fused-ring (bicyclic) bond motifs is 8. The first kappa shape index (κ1) is 33.1. The summed E-state index contributed by atoms with van der Waals surface area (Å²) < 4.78 is 5.55. The van der Waals surface area contributed by atoms with Gasteiger partial charge in [-0.1, -0.05) is 90.0 Å². The highest BCUT2D eigenvalue weighted by Gasteiger charge is 2.21. The Morgan fingerprint density at radius 1 is 0.407 bits per heavy atom. The second-order valence-corrected chi connectivity index (χ2v) is 14.2. The largest absolute Gasteiger partial charge is 0.497 e. The van der Waals surface area contributed by atoms with Crippen molar-refractivity contribution in [2.45, 2.75) is 27.7 Å². The van der Waals surface area contributed by atoms with Crippen molar-refractivity contribution in [3.8, 4) is 50.3 Å². The molecule has 0 aliphatic carbocycles. The summed E-state index contributed by atoms with van der Waals surface area (Å²) in [6.45, 7) is 8.65. The highest BCUT2D eigenvalue weighted by atomic mass is 16.5. The zero-order valence-corrected chi connectivity index (χ0v) is 31.1. The molecule has 5 heteroatoms. The Morgan fingerprint density at radius 2 is 0.833 bits per heavy atom. The first-order valence-corrected chi connectivity index (χ1v) is 18.4. The molecule has 0 fully saturated rings. The van der Waals surface area contributed by atoms with Gasteiger partial charge < -0.3 is 14.7 Å². The number of aromatic amines is 2. The van der Waals surface area contributed by atoms with Crippen LogP contribution in [0.2, 0.25) is 0 Å². The number of aromatic nitrogens is 4. The standard InChI is InChI=1S/C49H40N4O/c1-29-11-13-34(14-12-29)47-39-21-19-37(50-39)46(33-9-7-6-8-10-33)38-20-22-40(51-38)48(35-15-17-36(54-5)18-16-35)42-24-26-44(53-42)49(43-25-23-41(47)52-43)45-31(3)27-30(2)28-32(45)4/h6-28,50-51H,1-5H3. The number of nitrogens with zero attached hydrogens (tertiary/aromatic N) is 2. The summed E-state index contributed by atoms with van der Waals surface area (Å²) in [7, 11) is 1.70. The zero-order chi connectivity index (χ0) is 36.9. The minimum Gasteiger partial charge on any atom is -0.497 e. The number of ether oxygens (including phenoxy) is 1. The lowest BCUT2D eigenvalue weighted by Gasteiger charge is -2.13. The molecule has 8 bridgehead atoms. The number of benzene rings is 4. The molecule has 2 N–H and O–H groups in total. The Hall–Kier alpha value is -6.72. The molecule has 5 heterocycles. The van der Waals surface area contributed by atoms with Gasteiger partial charge in [0, 0.05) is 44.3 Å². The summed E-state index contributed by atoms with van der Waals surface area (Å²) in [5, 5.41) is 0. The summed E-state index contributed by atoms with van der Waals surface area (Å²) in [6, 6.07) is 40.7. The molecule has 0 amide bonds. The fourth-order valence-electron chi connectivity index (χ4n) is 8.04. The molecule has 2 aliphatic heterocycles. The number of nitrogens with one attached hydrogen (secondary N) is 2. The molecule has 0 unspecified atom stereocenters. The Kier molecular flexibility index (Phi) is 8.20. The first-order valence-electron chi connectivity index (χ1n) is 18.4. The Bertz CT molecular complexity index is 2790. The minimum absolute atomic E-state index is 0.805. The molecule has 0 atom stereocenters. The van der Waals surface area contributed by atoms with E-state index in [1.807, 2.05) is 12.1 Å². The van der Waals surface area contributed by atoms with Crippen LogP contribution in [0.4, 0.5) is 0 Å². The van der Waals surface area contributed by atoms with Crippen LogP contribution in [-0.4, -0.2) is 27.0 Å². The number of aryl methyl sites for hydroxylation is 4. The van der Waals surface area contributed by atoms with E-state index in [0.717, 1.165) is 95.1 Å². The van der Waals surface area contributed by atoms with Gasteiger partial charge in [0.2, 0.25) is 0 Å². The molecule has 3 aromatic heterocycles. The van der Waals surface area contributed by atoms with Crippen LogP contribution in [0.25, 0.3) is 90.9 Å². The van der Waals surface area contributed by atoms with E-state index < -0.39 is 0 Å². The third-order valence-corrected chi connectivity index (χ3v) is 10.5. The number of methoxy groups -OCH3 is 1. The van der Waals surface area contributed by atoms with Crippen LogP contribution in [0.15, 0.2) is 115 Å². The van der Waals surface area contributed by atoms with E-state index in [-0.39, 0.29) is 0 Å². The van der Waals surface area contributed by atoms with Gasteiger partial charge in [0.25, 0.3) is 0 Å². The van der Waals surface area contributed by atoms with E-state index >= 15 is 0 Å².